The average Bonchev–Trinajstić information content (AvgIpc) is 3.86. The maximum Gasteiger partial charge on any atom is 0.459 e. The van der Waals surface area contributed by atoms with E-state index in [1.807, 2.05) is 43.3 Å². The van der Waals surface area contributed by atoms with Crippen LogP contribution in [0.2, 0.25) is 0 Å². The van der Waals surface area contributed by atoms with Crippen LogP contribution in [0.25, 0.3) is 11.2 Å². The molecule has 61 heavy (non-hydrogen) atoms. The number of esters is 1. The van der Waals surface area contributed by atoms with E-state index < -0.39 is 37.7 Å². The van der Waals surface area contributed by atoms with Gasteiger partial charge in [0, 0.05) is 0 Å². The van der Waals surface area contributed by atoms with Crippen LogP contribution < -0.4 is 15.3 Å². The predicted octanol–water partition coefficient (Wildman–Crippen LogP) is 12.0. The number of unbranched alkanes of at least 4 members (excludes halogenated alkanes) is 14. The number of nitrogens with one attached hydrogen (secondary N) is 1. The average molecular weight is 865 g/mol. The molecule has 4 atom stereocenters. The summed E-state index contributed by atoms with van der Waals surface area (Å²) >= 11 is 0. The monoisotopic (exact) mass is 865 g/mol. The van der Waals surface area contributed by atoms with Crippen molar-refractivity contribution in [2.24, 2.45) is 0 Å². The van der Waals surface area contributed by atoms with Crippen LogP contribution in [0, 0.1) is 6.08 Å². The molecule has 0 bridgehead atoms. The number of hydrogen-bond acceptors (Lipinski definition) is 10. The highest BCUT2D eigenvalue weighted by atomic mass is 31.2. The van der Waals surface area contributed by atoms with Crippen molar-refractivity contribution in [3.8, 4) is 5.75 Å². The largest absolute Gasteiger partial charge is 0.461 e. The molecule has 0 saturated carbocycles. The van der Waals surface area contributed by atoms with Crippen LogP contribution in [0.3, 0.4) is 0 Å². The Balaban J connectivity index is 1.29. The Bertz CT molecular complexity index is 1900. The minimum atomic E-state index is -4.28. The second-order valence-corrected chi connectivity index (χ2v) is 18.6. The quantitative estimate of drug-likeness (QED) is 0.0223. The third-order valence-corrected chi connectivity index (χ3v) is 13.1. The summed E-state index contributed by atoms with van der Waals surface area (Å²) in [5.74, 6) is -0.240. The van der Waals surface area contributed by atoms with Gasteiger partial charge >= 0.3 is 19.8 Å². The van der Waals surface area contributed by atoms with E-state index in [2.05, 4.69) is 33.9 Å². The second-order valence-electron chi connectivity index (χ2n) is 16.9. The summed E-state index contributed by atoms with van der Waals surface area (Å²) < 4.78 is 56.0. The van der Waals surface area contributed by atoms with Crippen molar-refractivity contribution >= 4 is 30.7 Å². The number of imidazole rings is 1. The number of nitrogens with two attached hydrogens (primary N) is 1. The van der Waals surface area contributed by atoms with E-state index in [4.69, 9.17) is 24.3 Å². The number of halogens is 1. The molecule has 2 aromatic heterocycles. The maximum atomic E-state index is 15.0. The molecule has 1 aliphatic heterocycles. The SMILES string of the molecule is CCCCCCCCCCC(CCCCCCCCCC)OC(=O)[C@H](Cc1ccccc1)NP(=O)(OC[C@]1(C)CC[C@H](n2cnc3c(N)nc(F)nc32)O1)Oc1ccccc1. The van der Waals surface area contributed by atoms with Crippen molar-refractivity contribution in [2.75, 3.05) is 12.3 Å². The molecule has 4 aromatic rings. The molecule has 336 valence electrons. The normalized spacial score (nSPS) is 18.1. The molecule has 14 heteroatoms. The fourth-order valence-corrected chi connectivity index (χ4v) is 9.57. The van der Waals surface area contributed by atoms with Gasteiger partial charge in [0.1, 0.15) is 24.1 Å². The van der Waals surface area contributed by atoms with Gasteiger partial charge in [0.05, 0.1) is 18.5 Å². The topological polar surface area (TPSA) is 153 Å². The molecular weight excluding hydrogens is 795 g/mol. The van der Waals surface area contributed by atoms with Gasteiger partial charge in [-0.25, -0.2) is 9.55 Å². The summed E-state index contributed by atoms with van der Waals surface area (Å²) in [6.07, 6.45) is 21.7. The molecule has 3 N–H and O–H groups in total. The van der Waals surface area contributed by atoms with Gasteiger partial charge in [-0.05, 0) is 69.6 Å². The van der Waals surface area contributed by atoms with Crippen molar-refractivity contribution in [1.82, 2.24) is 24.6 Å². The molecule has 0 spiro atoms. The van der Waals surface area contributed by atoms with Crippen molar-refractivity contribution in [3.63, 3.8) is 0 Å². The van der Waals surface area contributed by atoms with Gasteiger partial charge in [0.15, 0.2) is 17.0 Å². The van der Waals surface area contributed by atoms with E-state index in [1.165, 1.54) is 83.4 Å². The molecule has 0 aliphatic carbocycles. The Morgan fingerprint density at radius 3 is 2.07 bits per heavy atom. The van der Waals surface area contributed by atoms with E-state index in [0.29, 0.717) is 18.6 Å². The number of hydrogen-bond donors (Lipinski definition) is 2. The standard InChI is InChI=1S/C47H70FN6O6P/c1-4-6-8-10-12-14-16-22-28-38(29-23-17-15-13-11-9-7-5-2)58-45(55)40(34-37-26-20-18-21-27-37)53-61(56,60-39-30-24-19-25-31-39)57-35-47(3)33-32-41(59-47)54-36-50-42-43(49)51-46(48)52-44(42)54/h18-21,24-27,30-31,36,38,40-41H,4-17,22-23,28-29,32-35H2,1-3H3,(H,53,56)(H2,49,51,52)/t40-,41+,47-,61?/m0/s1. The Labute approximate surface area is 362 Å². The number of para-hydroxylation sites is 1. The van der Waals surface area contributed by atoms with Crippen LogP contribution in [0.4, 0.5) is 10.2 Å². The van der Waals surface area contributed by atoms with Crippen molar-refractivity contribution < 1.29 is 32.3 Å². The lowest BCUT2D eigenvalue weighted by Crippen LogP contribution is -2.42. The van der Waals surface area contributed by atoms with Crippen LogP contribution in [0.15, 0.2) is 67.0 Å². The molecule has 3 heterocycles. The molecule has 1 unspecified atom stereocenters. The third-order valence-electron chi connectivity index (χ3n) is 11.5. The molecule has 1 aliphatic rings. The van der Waals surface area contributed by atoms with Crippen molar-refractivity contribution in [3.05, 3.63) is 78.6 Å². The molecule has 12 nitrogen and oxygen atoms in total. The van der Waals surface area contributed by atoms with Gasteiger partial charge in [-0.3, -0.25) is 13.9 Å². The van der Waals surface area contributed by atoms with Gasteiger partial charge in [0.2, 0.25) is 0 Å². The van der Waals surface area contributed by atoms with Gasteiger partial charge in [0.25, 0.3) is 0 Å². The molecule has 0 amide bonds. The number of rotatable bonds is 30. The number of ether oxygens (including phenoxy) is 2. The molecule has 1 saturated heterocycles. The predicted molar refractivity (Wildman–Crippen MR) is 239 cm³/mol. The molecular formula is C47H70FN6O6P. The van der Waals surface area contributed by atoms with Gasteiger partial charge < -0.3 is 19.7 Å². The smallest absolute Gasteiger partial charge is 0.459 e. The van der Waals surface area contributed by atoms with Gasteiger partial charge in [-0.2, -0.15) is 19.4 Å². The Hall–Kier alpha value is -3.90. The van der Waals surface area contributed by atoms with Crippen LogP contribution in [-0.4, -0.2) is 49.8 Å². The summed E-state index contributed by atoms with van der Waals surface area (Å²) in [4.78, 5) is 26.2. The number of nitrogen functional groups attached to an aromatic ring is 1. The number of anilines is 1. The first-order valence-electron chi connectivity index (χ1n) is 22.9. The summed E-state index contributed by atoms with van der Waals surface area (Å²) in [5, 5.41) is 3.04. The Morgan fingerprint density at radius 1 is 0.885 bits per heavy atom. The highest BCUT2D eigenvalue weighted by Crippen LogP contribution is 2.48. The zero-order chi connectivity index (χ0) is 43.3. The summed E-state index contributed by atoms with van der Waals surface area (Å²) in [5.41, 5.74) is 6.32. The minimum absolute atomic E-state index is 0.0633. The first-order valence-corrected chi connectivity index (χ1v) is 24.5. The first kappa shape index (κ1) is 48.1. The number of nitrogens with zero attached hydrogens (tertiary/aromatic N) is 4. The second kappa shape index (κ2) is 25.3. The Morgan fingerprint density at radius 2 is 1.46 bits per heavy atom. The molecule has 2 aromatic carbocycles. The first-order chi connectivity index (χ1) is 29.6. The summed E-state index contributed by atoms with van der Waals surface area (Å²) in [7, 11) is -4.28. The minimum Gasteiger partial charge on any atom is -0.461 e. The van der Waals surface area contributed by atoms with E-state index in [0.717, 1.165) is 44.1 Å². The number of carbonyl (C=O) groups excluding carboxylic acids is 1. The van der Waals surface area contributed by atoms with E-state index >= 15 is 4.57 Å². The van der Waals surface area contributed by atoms with Crippen LogP contribution in [0.1, 0.15) is 161 Å². The fourth-order valence-electron chi connectivity index (χ4n) is 7.97. The zero-order valence-electron chi connectivity index (χ0n) is 36.8. The van der Waals surface area contributed by atoms with Gasteiger partial charge in [-0.15, -0.1) is 0 Å². The number of carbonyl (C=O) groups is 1. The number of benzene rings is 2. The van der Waals surface area contributed by atoms with Crippen LogP contribution in [-0.2, 0) is 29.8 Å². The van der Waals surface area contributed by atoms with Crippen LogP contribution >= 0.6 is 7.75 Å². The lowest BCUT2D eigenvalue weighted by molar-refractivity contribution is -0.152. The van der Waals surface area contributed by atoms with Gasteiger partial charge in [-0.1, -0.05) is 152 Å². The third kappa shape index (κ3) is 16.1. The summed E-state index contributed by atoms with van der Waals surface area (Å²) in [6.45, 7) is 6.17. The van der Waals surface area contributed by atoms with Crippen LogP contribution in [0.5, 0.6) is 5.75 Å². The lowest BCUT2D eigenvalue weighted by atomic mass is 10.0. The van der Waals surface area contributed by atoms with Crippen molar-refractivity contribution in [2.45, 2.75) is 180 Å². The maximum absolute atomic E-state index is 15.0. The Kier molecular flexibility index (Phi) is 19.9. The fraction of sp³-hybridized carbons (Fsp3) is 0.617. The summed E-state index contributed by atoms with van der Waals surface area (Å²) in [6, 6.07) is 17.3. The molecule has 0 radical (unpaired) electrons. The van der Waals surface area contributed by atoms with Crippen molar-refractivity contribution in [1.29, 1.82) is 0 Å². The number of aromatic nitrogens is 4. The molecule has 5 rings (SSSR count). The van der Waals surface area contributed by atoms with E-state index in [9.17, 15) is 9.18 Å². The number of fused-ring (bicyclic) bond motifs is 1. The van der Waals surface area contributed by atoms with E-state index in [-0.39, 0.29) is 36.1 Å². The van der Waals surface area contributed by atoms with E-state index in [1.54, 1.807) is 28.8 Å². The highest BCUT2D eigenvalue weighted by molar-refractivity contribution is 7.52. The highest BCUT2D eigenvalue weighted by Gasteiger charge is 2.42. The molecule has 1 fully saturated rings. The lowest BCUT2D eigenvalue weighted by Gasteiger charge is -2.30. The zero-order valence-corrected chi connectivity index (χ0v) is 37.7.